The summed E-state index contributed by atoms with van der Waals surface area (Å²) in [5.41, 5.74) is 9.83. The molecule has 1 aliphatic rings. The summed E-state index contributed by atoms with van der Waals surface area (Å²) in [5, 5.41) is 0. The average Bonchev–Trinajstić information content (AvgIpc) is 2.61. The summed E-state index contributed by atoms with van der Waals surface area (Å²) < 4.78 is 7.36. The summed E-state index contributed by atoms with van der Waals surface area (Å²) in [6.45, 7) is 2.73. The van der Waals surface area contributed by atoms with Gasteiger partial charge in [-0.15, -0.1) is 0 Å². The highest BCUT2D eigenvalue weighted by molar-refractivity contribution is 9.10. The number of aryl methyl sites for hydroxylation is 1. The molecule has 1 aliphatic heterocycles. The standard InChI is InChI=1S/C19H22BrN3O/c1-13-11-16(20)7-8-17(13)24-18-12-15-6-4-3-5-14(15)9-10-22-19(21)23(18)2/h3-8,11,18H,9-10,12H2,1-2H3,(H2,21,22). The van der Waals surface area contributed by atoms with Gasteiger partial charge in [-0.3, -0.25) is 4.99 Å². The number of hydrogen-bond donors (Lipinski definition) is 1. The number of halogens is 1. The van der Waals surface area contributed by atoms with E-state index in [1.807, 2.05) is 31.0 Å². The predicted molar refractivity (Wildman–Crippen MR) is 101 cm³/mol. The molecule has 2 aromatic rings. The third-order valence-electron chi connectivity index (χ3n) is 4.36. The first-order valence-electron chi connectivity index (χ1n) is 8.07. The van der Waals surface area contributed by atoms with Crippen molar-refractivity contribution in [1.82, 2.24) is 4.90 Å². The van der Waals surface area contributed by atoms with Crippen molar-refractivity contribution in [1.29, 1.82) is 0 Å². The van der Waals surface area contributed by atoms with Crippen molar-refractivity contribution in [2.75, 3.05) is 13.6 Å². The molecule has 2 N–H and O–H groups in total. The molecule has 24 heavy (non-hydrogen) atoms. The fourth-order valence-corrected chi connectivity index (χ4v) is 3.36. The lowest BCUT2D eigenvalue weighted by Gasteiger charge is -2.30. The van der Waals surface area contributed by atoms with E-state index >= 15 is 0 Å². The molecular formula is C19H22BrN3O. The van der Waals surface area contributed by atoms with Crippen molar-refractivity contribution in [2.45, 2.75) is 26.0 Å². The fourth-order valence-electron chi connectivity index (χ4n) is 2.89. The molecule has 0 saturated heterocycles. The van der Waals surface area contributed by atoms with Crippen LogP contribution in [0.2, 0.25) is 0 Å². The summed E-state index contributed by atoms with van der Waals surface area (Å²) >= 11 is 3.49. The molecule has 0 aliphatic carbocycles. The van der Waals surface area contributed by atoms with Gasteiger partial charge < -0.3 is 15.4 Å². The Morgan fingerprint density at radius 3 is 2.71 bits per heavy atom. The third kappa shape index (κ3) is 3.73. The monoisotopic (exact) mass is 387 g/mol. The number of nitrogens with zero attached hydrogens (tertiary/aromatic N) is 2. The first-order chi connectivity index (χ1) is 11.5. The van der Waals surface area contributed by atoms with Crippen LogP contribution in [0, 0.1) is 6.92 Å². The lowest BCUT2D eigenvalue weighted by Crippen LogP contribution is -2.46. The molecular weight excluding hydrogens is 366 g/mol. The van der Waals surface area contributed by atoms with Gasteiger partial charge in [-0.25, -0.2) is 0 Å². The van der Waals surface area contributed by atoms with Gasteiger partial charge in [0.1, 0.15) is 5.75 Å². The number of nitrogens with two attached hydrogens (primary N) is 1. The van der Waals surface area contributed by atoms with Crippen LogP contribution in [0.3, 0.4) is 0 Å². The van der Waals surface area contributed by atoms with Crippen LogP contribution in [0.5, 0.6) is 5.75 Å². The Hall–Kier alpha value is -2.01. The van der Waals surface area contributed by atoms with Gasteiger partial charge in [-0.2, -0.15) is 0 Å². The summed E-state index contributed by atoms with van der Waals surface area (Å²) in [4.78, 5) is 6.41. The molecule has 5 heteroatoms. The van der Waals surface area contributed by atoms with E-state index < -0.39 is 0 Å². The van der Waals surface area contributed by atoms with E-state index in [1.165, 1.54) is 11.1 Å². The van der Waals surface area contributed by atoms with Crippen molar-refractivity contribution in [3.63, 3.8) is 0 Å². The van der Waals surface area contributed by atoms with E-state index in [-0.39, 0.29) is 6.23 Å². The van der Waals surface area contributed by atoms with Crippen molar-refractivity contribution < 1.29 is 4.74 Å². The molecule has 1 atom stereocenters. The first kappa shape index (κ1) is 16.8. The second-order valence-electron chi connectivity index (χ2n) is 6.06. The number of likely N-dealkylation sites (N-methyl/N-ethyl adjacent to an activating group) is 1. The molecule has 0 spiro atoms. The minimum absolute atomic E-state index is 0.201. The molecule has 0 aromatic heterocycles. The maximum absolute atomic E-state index is 6.32. The third-order valence-corrected chi connectivity index (χ3v) is 4.85. The van der Waals surface area contributed by atoms with Gasteiger partial charge in [-0.1, -0.05) is 40.2 Å². The Bertz CT molecular complexity index is 760. The smallest absolute Gasteiger partial charge is 0.193 e. The molecule has 0 radical (unpaired) electrons. The number of rotatable bonds is 2. The Kier molecular flexibility index (Phi) is 5.09. The van der Waals surface area contributed by atoms with Gasteiger partial charge in [-0.05, 0) is 48.2 Å². The fraction of sp³-hybridized carbons (Fsp3) is 0.316. The second kappa shape index (κ2) is 7.26. The van der Waals surface area contributed by atoms with Crippen LogP contribution >= 0.6 is 15.9 Å². The van der Waals surface area contributed by atoms with Gasteiger partial charge in [0.05, 0.1) is 0 Å². The molecule has 3 rings (SSSR count). The molecule has 0 amide bonds. The second-order valence-corrected chi connectivity index (χ2v) is 6.97. The van der Waals surface area contributed by atoms with Gasteiger partial charge in [0.2, 0.25) is 0 Å². The van der Waals surface area contributed by atoms with Crippen LogP contribution in [0.25, 0.3) is 0 Å². The van der Waals surface area contributed by atoms with E-state index in [9.17, 15) is 0 Å². The largest absolute Gasteiger partial charge is 0.470 e. The number of aliphatic imine (C=N–C) groups is 1. The predicted octanol–water partition coefficient (Wildman–Crippen LogP) is 3.51. The number of fused-ring (bicyclic) bond motifs is 1. The highest BCUT2D eigenvalue weighted by Crippen LogP contribution is 2.25. The number of ether oxygens (including phenoxy) is 1. The zero-order valence-electron chi connectivity index (χ0n) is 14.0. The van der Waals surface area contributed by atoms with Crippen molar-refractivity contribution >= 4 is 21.9 Å². The molecule has 1 heterocycles. The van der Waals surface area contributed by atoms with Crippen molar-refractivity contribution in [3.8, 4) is 5.75 Å². The summed E-state index contributed by atoms with van der Waals surface area (Å²) in [6, 6.07) is 14.5. The SMILES string of the molecule is Cc1cc(Br)ccc1OC1Cc2ccccc2CC/N=C(/N)N1C. The summed E-state index contributed by atoms with van der Waals surface area (Å²) in [5.74, 6) is 1.38. The van der Waals surface area contributed by atoms with Crippen LogP contribution < -0.4 is 10.5 Å². The van der Waals surface area contributed by atoms with Crippen LogP contribution in [0.15, 0.2) is 51.9 Å². The Morgan fingerprint density at radius 1 is 1.21 bits per heavy atom. The molecule has 0 saturated carbocycles. The number of guanidine groups is 1. The molecule has 0 fully saturated rings. The van der Waals surface area contributed by atoms with Crippen LogP contribution in [-0.4, -0.2) is 30.7 Å². The lowest BCUT2D eigenvalue weighted by atomic mass is 10.0. The minimum atomic E-state index is -0.201. The molecule has 4 nitrogen and oxygen atoms in total. The Labute approximate surface area is 151 Å². The van der Waals surface area contributed by atoms with E-state index in [0.717, 1.165) is 28.6 Å². The van der Waals surface area contributed by atoms with E-state index in [2.05, 4.69) is 51.3 Å². The molecule has 0 bridgehead atoms. The highest BCUT2D eigenvalue weighted by atomic mass is 79.9. The van der Waals surface area contributed by atoms with E-state index in [0.29, 0.717) is 12.5 Å². The average molecular weight is 388 g/mol. The van der Waals surface area contributed by atoms with Gasteiger partial charge in [0.15, 0.2) is 12.2 Å². The minimum Gasteiger partial charge on any atom is -0.470 e. The number of benzene rings is 2. The lowest BCUT2D eigenvalue weighted by molar-refractivity contribution is 0.0932. The maximum Gasteiger partial charge on any atom is 0.193 e. The van der Waals surface area contributed by atoms with Crippen LogP contribution in [0.4, 0.5) is 0 Å². The van der Waals surface area contributed by atoms with Gasteiger partial charge in [0, 0.05) is 24.5 Å². The Morgan fingerprint density at radius 2 is 1.96 bits per heavy atom. The Balaban J connectivity index is 1.93. The zero-order valence-corrected chi connectivity index (χ0v) is 15.6. The van der Waals surface area contributed by atoms with Crippen molar-refractivity contribution in [3.05, 3.63) is 63.6 Å². The normalized spacial score (nSPS) is 20.2. The maximum atomic E-state index is 6.32. The first-order valence-corrected chi connectivity index (χ1v) is 8.86. The van der Waals surface area contributed by atoms with E-state index in [4.69, 9.17) is 10.5 Å². The summed E-state index contributed by atoms with van der Waals surface area (Å²) in [6.07, 6.45) is 1.46. The molecule has 1 unspecified atom stereocenters. The number of hydrogen-bond acceptors (Lipinski definition) is 4. The molecule has 126 valence electrons. The quantitative estimate of drug-likeness (QED) is 0.857. The zero-order chi connectivity index (χ0) is 17.1. The highest BCUT2D eigenvalue weighted by Gasteiger charge is 2.22. The van der Waals surface area contributed by atoms with Gasteiger partial charge in [0.25, 0.3) is 0 Å². The summed E-state index contributed by atoms with van der Waals surface area (Å²) in [7, 11) is 1.94. The van der Waals surface area contributed by atoms with Gasteiger partial charge >= 0.3 is 0 Å². The molecule has 2 aromatic carbocycles. The van der Waals surface area contributed by atoms with Crippen LogP contribution in [-0.2, 0) is 12.8 Å². The van der Waals surface area contributed by atoms with E-state index in [1.54, 1.807) is 0 Å². The van der Waals surface area contributed by atoms with Crippen molar-refractivity contribution in [2.24, 2.45) is 10.7 Å². The topological polar surface area (TPSA) is 50.9 Å². The van der Waals surface area contributed by atoms with Crippen LogP contribution in [0.1, 0.15) is 16.7 Å².